The average Bonchev–Trinajstić information content (AvgIpc) is 2.95. The number of phenolic OH excluding ortho intramolecular Hbond substituents is 1. The van der Waals surface area contributed by atoms with Crippen LogP contribution in [0.3, 0.4) is 0 Å². The lowest BCUT2D eigenvalue weighted by atomic mass is 10.0. The highest BCUT2D eigenvalue weighted by atomic mass is 16.5. The van der Waals surface area contributed by atoms with E-state index in [0.29, 0.717) is 17.9 Å². The number of rotatable bonds is 7. The molecule has 27 heavy (non-hydrogen) atoms. The van der Waals surface area contributed by atoms with Gasteiger partial charge in [0.05, 0.1) is 30.8 Å². The van der Waals surface area contributed by atoms with Gasteiger partial charge >= 0.3 is 5.97 Å². The van der Waals surface area contributed by atoms with Crippen molar-refractivity contribution in [2.24, 2.45) is 0 Å². The Hall–Kier alpha value is -2.01. The molecule has 0 spiro atoms. The number of aromatic nitrogens is 1. The summed E-state index contributed by atoms with van der Waals surface area (Å²) in [4.78, 5) is 14.3. The molecule has 1 aliphatic heterocycles. The van der Waals surface area contributed by atoms with E-state index < -0.39 is 0 Å². The zero-order valence-corrected chi connectivity index (χ0v) is 16.9. The van der Waals surface area contributed by atoms with E-state index in [1.807, 2.05) is 19.9 Å². The minimum absolute atomic E-state index is 0.282. The molecule has 2 aromatic rings. The van der Waals surface area contributed by atoms with Gasteiger partial charge in [0, 0.05) is 23.1 Å². The number of piperidine rings is 1. The number of aryl methyl sites for hydroxylation is 1. The summed E-state index contributed by atoms with van der Waals surface area (Å²) in [5, 5.41) is 11.6. The summed E-state index contributed by atoms with van der Waals surface area (Å²) in [6.07, 6.45) is 5.90. The van der Waals surface area contributed by atoms with E-state index >= 15 is 0 Å². The fraction of sp³-hybridized carbons (Fsp3) is 0.591. The number of hydrogen-bond donors (Lipinski definition) is 2. The summed E-state index contributed by atoms with van der Waals surface area (Å²) in [5.41, 5.74) is 3.50. The Morgan fingerprint density at radius 3 is 2.63 bits per heavy atom. The lowest BCUT2D eigenvalue weighted by molar-refractivity contribution is -0.918. The molecule has 1 aromatic heterocycles. The Labute approximate surface area is 161 Å². The van der Waals surface area contributed by atoms with E-state index in [1.165, 1.54) is 24.2 Å². The van der Waals surface area contributed by atoms with Crippen LogP contribution in [0.2, 0.25) is 0 Å². The van der Waals surface area contributed by atoms with Gasteiger partial charge in [-0.1, -0.05) is 13.3 Å². The van der Waals surface area contributed by atoms with Gasteiger partial charge in [-0.25, -0.2) is 4.79 Å². The molecule has 0 atom stereocenters. The second-order valence-electron chi connectivity index (χ2n) is 7.63. The Morgan fingerprint density at radius 2 is 1.96 bits per heavy atom. The number of hydrogen-bond acceptors (Lipinski definition) is 3. The van der Waals surface area contributed by atoms with Crippen molar-refractivity contribution >= 4 is 16.9 Å². The van der Waals surface area contributed by atoms with Gasteiger partial charge in [0.1, 0.15) is 12.3 Å². The number of nitrogens with zero attached hydrogens (tertiary/aromatic N) is 1. The molecule has 2 N–H and O–H groups in total. The largest absolute Gasteiger partial charge is 0.507 e. The molecular weight excluding hydrogens is 340 g/mol. The highest BCUT2D eigenvalue weighted by Crippen LogP contribution is 2.34. The maximum Gasteiger partial charge on any atom is 0.340 e. The first-order valence-electron chi connectivity index (χ1n) is 10.4. The van der Waals surface area contributed by atoms with Crippen molar-refractivity contribution in [2.45, 2.75) is 66.0 Å². The summed E-state index contributed by atoms with van der Waals surface area (Å²) >= 11 is 0. The maximum absolute atomic E-state index is 12.8. The van der Waals surface area contributed by atoms with Gasteiger partial charge < -0.3 is 19.3 Å². The van der Waals surface area contributed by atoms with E-state index in [1.54, 1.807) is 6.07 Å². The van der Waals surface area contributed by atoms with Crippen molar-refractivity contribution < 1.29 is 19.5 Å². The smallest absolute Gasteiger partial charge is 0.340 e. The van der Waals surface area contributed by atoms with Gasteiger partial charge in [-0.05, 0) is 51.7 Å². The zero-order valence-electron chi connectivity index (χ0n) is 16.9. The zero-order chi connectivity index (χ0) is 19.4. The third-order valence-electron chi connectivity index (χ3n) is 5.78. The minimum Gasteiger partial charge on any atom is -0.507 e. The van der Waals surface area contributed by atoms with Crippen molar-refractivity contribution in [3.63, 3.8) is 0 Å². The van der Waals surface area contributed by atoms with Gasteiger partial charge in [-0.2, -0.15) is 0 Å². The van der Waals surface area contributed by atoms with Gasteiger partial charge in [0.25, 0.3) is 0 Å². The molecule has 0 saturated carbocycles. The number of aromatic hydroxyl groups is 1. The normalized spacial score (nSPS) is 15.4. The summed E-state index contributed by atoms with van der Waals surface area (Å²) in [6.45, 7) is 10.2. The monoisotopic (exact) mass is 373 g/mol. The van der Waals surface area contributed by atoms with Crippen molar-refractivity contribution in [3.8, 4) is 5.75 Å². The molecule has 1 fully saturated rings. The fourth-order valence-electron chi connectivity index (χ4n) is 4.34. The van der Waals surface area contributed by atoms with E-state index in [0.717, 1.165) is 61.2 Å². The third-order valence-corrected chi connectivity index (χ3v) is 5.78. The predicted octanol–water partition coefficient (Wildman–Crippen LogP) is 3.20. The molecule has 148 valence electrons. The number of likely N-dealkylation sites (tertiary alicyclic amines) is 1. The van der Waals surface area contributed by atoms with Gasteiger partial charge in [-0.3, -0.25) is 0 Å². The molecule has 0 amide bonds. The Morgan fingerprint density at radius 1 is 1.22 bits per heavy atom. The first-order chi connectivity index (χ1) is 13.1. The van der Waals surface area contributed by atoms with Crippen molar-refractivity contribution in [3.05, 3.63) is 29.0 Å². The number of ether oxygens (including phenoxy) is 1. The summed E-state index contributed by atoms with van der Waals surface area (Å²) in [7, 11) is 0. The minimum atomic E-state index is -0.282. The molecule has 1 aliphatic rings. The first-order valence-corrected chi connectivity index (χ1v) is 10.4. The number of fused-ring (bicyclic) bond motifs is 1. The van der Waals surface area contributed by atoms with E-state index in [9.17, 15) is 9.90 Å². The van der Waals surface area contributed by atoms with Crippen LogP contribution in [0, 0.1) is 6.92 Å². The van der Waals surface area contributed by atoms with E-state index in [2.05, 4.69) is 11.5 Å². The van der Waals surface area contributed by atoms with Crippen LogP contribution in [0.4, 0.5) is 0 Å². The van der Waals surface area contributed by atoms with E-state index in [4.69, 9.17) is 4.74 Å². The lowest BCUT2D eigenvalue weighted by Crippen LogP contribution is -3.11. The van der Waals surface area contributed by atoms with Crippen LogP contribution in [0.5, 0.6) is 5.75 Å². The highest BCUT2D eigenvalue weighted by molar-refractivity contribution is 6.07. The van der Waals surface area contributed by atoms with Gasteiger partial charge in [-0.15, -0.1) is 0 Å². The second kappa shape index (κ2) is 8.79. The molecule has 1 saturated heterocycles. The maximum atomic E-state index is 12.8. The molecule has 3 rings (SSSR count). The van der Waals surface area contributed by atoms with Crippen LogP contribution in [0.25, 0.3) is 10.9 Å². The molecule has 0 aliphatic carbocycles. The van der Waals surface area contributed by atoms with E-state index in [-0.39, 0.29) is 5.97 Å². The SMILES string of the molecule is CCCCn1c(C)c(C(=O)OCC)c2c(C[NH+]3CCCCC3)c(O)ccc21. The number of carbonyl (C=O) groups excluding carboxylic acids is 1. The molecule has 0 radical (unpaired) electrons. The summed E-state index contributed by atoms with van der Waals surface area (Å²) in [6, 6.07) is 3.74. The first kappa shape index (κ1) is 19.7. The molecule has 0 unspecified atom stereocenters. The number of benzene rings is 1. The van der Waals surface area contributed by atoms with Crippen molar-refractivity contribution in [1.82, 2.24) is 4.57 Å². The Balaban J connectivity index is 2.15. The van der Waals surface area contributed by atoms with Gasteiger partial charge in [0.2, 0.25) is 0 Å². The number of phenols is 1. The molecule has 5 nitrogen and oxygen atoms in total. The quantitative estimate of drug-likeness (QED) is 0.733. The summed E-state index contributed by atoms with van der Waals surface area (Å²) in [5.74, 6) is 0.00880. The molecule has 1 aromatic carbocycles. The predicted molar refractivity (Wildman–Crippen MR) is 107 cm³/mol. The van der Waals surface area contributed by atoms with Crippen molar-refractivity contribution in [1.29, 1.82) is 0 Å². The topological polar surface area (TPSA) is 55.9 Å². The lowest BCUT2D eigenvalue weighted by Gasteiger charge is -2.24. The number of carbonyl (C=O) groups is 1. The molecule has 5 heteroatoms. The number of quaternary nitrogens is 1. The van der Waals surface area contributed by atoms with Crippen LogP contribution in [-0.2, 0) is 17.8 Å². The number of unbranched alkanes of at least 4 members (excludes halogenated alkanes) is 1. The number of nitrogens with one attached hydrogen (secondary N) is 1. The van der Waals surface area contributed by atoms with Gasteiger partial charge in [0.15, 0.2) is 0 Å². The Bertz CT molecular complexity index is 804. The van der Waals surface area contributed by atoms with Crippen LogP contribution in [0.15, 0.2) is 12.1 Å². The number of esters is 1. The van der Waals surface area contributed by atoms with Crippen molar-refractivity contribution in [2.75, 3.05) is 19.7 Å². The average molecular weight is 374 g/mol. The highest BCUT2D eigenvalue weighted by Gasteiger charge is 2.27. The van der Waals surface area contributed by atoms with Crippen LogP contribution < -0.4 is 4.90 Å². The third kappa shape index (κ3) is 3.98. The molecular formula is C22H33N2O3+. The molecule has 0 bridgehead atoms. The second-order valence-corrected chi connectivity index (χ2v) is 7.63. The Kier molecular flexibility index (Phi) is 6.42. The molecule has 2 heterocycles. The van der Waals surface area contributed by atoms with Crippen LogP contribution in [0.1, 0.15) is 67.6 Å². The summed E-state index contributed by atoms with van der Waals surface area (Å²) < 4.78 is 7.60. The standard InChI is InChI=1S/C22H32N2O3/c1-4-6-14-24-16(3)20(22(26)27-5-2)21-17(19(25)11-10-18(21)24)15-23-12-8-7-9-13-23/h10-11,25H,4-9,12-15H2,1-3H3/p+1. The van der Waals surface area contributed by atoms with Crippen LogP contribution in [-0.4, -0.2) is 35.3 Å². The van der Waals surface area contributed by atoms with Crippen LogP contribution >= 0.6 is 0 Å². The fourth-order valence-corrected chi connectivity index (χ4v) is 4.34.